The highest BCUT2D eigenvalue weighted by atomic mass is 16.1. The summed E-state index contributed by atoms with van der Waals surface area (Å²) in [5, 5.41) is 6.47. The topological polar surface area (TPSA) is 110 Å². The van der Waals surface area contributed by atoms with Crippen molar-refractivity contribution in [2.45, 2.75) is 0 Å². The van der Waals surface area contributed by atoms with Gasteiger partial charge in [0.25, 0.3) is 0 Å². The van der Waals surface area contributed by atoms with Crippen molar-refractivity contribution in [3.63, 3.8) is 0 Å². The van der Waals surface area contributed by atoms with E-state index < -0.39 is 0 Å². The number of nitrogen functional groups attached to an aromatic ring is 2. The molecule has 0 aliphatic heterocycles. The number of fused-ring (bicyclic) bond motifs is 2. The number of ketones is 2. The van der Waals surface area contributed by atoms with E-state index >= 15 is 0 Å². The van der Waals surface area contributed by atoms with Gasteiger partial charge in [0.15, 0.2) is 11.6 Å². The fourth-order valence-corrected chi connectivity index (χ4v) is 3.94. The number of benzene rings is 4. The molecule has 4 aromatic rings. The third-order valence-electron chi connectivity index (χ3n) is 5.54. The zero-order valence-electron chi connectivity index (χ0n) is 17.1. The van der Waals surface area contributed by atoms with Gasteiger partial charge in [0.1, 0.15) is 0 Å². The van der Waals surface area contributed by atoms with Crippen molar-refractivity contribution in [2.24, 2.45) is 0 Å². The van der Waals surface area contributed by atoms with Crippen molar-refractivity contribution in [1.29, 1.82) is 0 Å². The van der Waals surface area contributed by atoms with Crippen molar-refractivity contribution >= 4 is 45.7 Å². The highest BCUT2D eigenvalue weighted by molar-refractivity contribution is 6.32. The van der Waals surface area contributed by atoms with E-state index in [-0.39, 0.29) is 11.6 Å². The second-order valence-corrected chi connectivity index (χ2v) is 7.54. The minimum atomic E-state index is -0.225. The molecule has 0 fully saturated rings. The molecule has 156 valence electrons. The van der Waals surface area contributed by atoms with Gasteiger partial charge in [0, 0.05) is 11.1 Å². The zero-order valence-corrected chi connectivity index (χ0v) is 17.1. The van der Waals surface area contributed by atoms with E-state index in [0.29, 0.717) is 56.4 Å². The van der Waals surface area contributed by atoms with E-state index in [1.54, 1.807) is 48.5 Å². The number of para-hydroxylation sites is 4. The molecule has 0 heterocycles. The molecule has 0 aromatic heterocycles. The summed E-state index contributed by atoms with van der Waals surface area (Å²) in [5.41, 5.74) is 17.0. The van der Waals surface area contributed by atoms with Gasteiger partial charge in [-0.05, 0) is 36.4 Å². The predicted octanol–water partition coefficient (Wildman–Crippen LogP) is 5.11. The van der Waals surface area contributed by atoms with Gasteiger partial charge >= 0.3 is 0 Å². The Hall–Kier alpha value is -4.58. The molecule has 6 nitrogen and oxygen atoms in total. The summed E-state index contributed by atoms with van der Waals surface area (Å²) in [6, 6.07) is 24.9. The van der Waals surface area contributed by atoms with Gasteiger partial charge < -0.3 is 22.1 Å². The molecule has 0 saturated heterocycles. The van der Waals surface area contributed by atoms with Gasteiger partial charge in [0.2, 0.25) is 0 Å². The maximum absolute atomic E-state index is 13.5. The Morgan fingerprint density at radius 2 is 0.844 bits per heavy atom. The van der Waals surface area contributed by atoms with E-state index in [4.69, 9.17) is 11.5 Å². The second-order valence-electron chi connectivity index (χ2n) is 7.54. The van der Waals surface area contributed by atoms with Gasteiger partial charge in [-0.3, -0.25) is 9.59 Å². The normalized spacial score (nSPS) is 12.1. The van der Waals surface area contributed by atoms with Gasteiger partial charge in [-0.2, -0.15) is 0 Å². The summed E-state index contributed by atoms with van der Waals surface area (Å²) in [6.07, 6.45) is 0. The molecule has 4 aromatic carbocycles. The summed E-state index contributed by atoms with van der Waals surface area (Å²) < 4.78 is 0. The number of anilines is 6. The van der Waals surface area contributed by atoms with E-state index in [0.717, 1.165) is 0 Å². The molecule has 0 saturated carbocycles. The van der Waals surface area contributed by atoms with Crippen LogP contribution in [0.2, 0.25) is 0 Å². The van der Waals surface area contributed by atoms with Crippen LogP contribution in [0.3, 0.4) is 0 Å². The van der Waals surface area contributed by atoms with Crippen LogP contribution in [0.1, 0.15) is 31.8 Å². The van der Waals surface area contributed by atoms with Crippen LogP contribution >= 0.6 is 0 Å². The number of carbonyl (C=O) groups excluding carboxylic acids is 2. The Kier molecular flexibility index (Phi) is 4.60. The molecule has 0 amide bonds. The lowest BCUT2D eigenvalue weighted by Gasteiger charge is -2.24. The highest BCUT2D eigenvalue weighted by Gasteiger charge is 2.34. The third-order valence-corrected chi connectivity index (χ3v) is 5.54. The zero-order chi connectivity index (χ0) is 22.2. The first-order chi connectivity index (χ1) is 15.5. The van der Waals surface area contributed by atoms with Crippen LogP contribution in [0.5, 0.6) is 0 Å². The molecule has 0 spiro atoms. The minimum Gasteiger partial charge on any atom is -0.397 e. The summed E-state index contributed by atoms with van der Waals surface area (Å²) in [5.74, 6) is -0.450. The molecule has 0 unspecified atom stereocenters. The molecule has 6 N–H and O–H groups in total. The Morgan fingerprint density at radius 1 is 0.469 bits per heavy atom. The average molecular weight is 420 g/mol. The molecule has 32 heavy (non-hydrogen) atoms. The minimum absolute atomic E-state index is 0.225. The van der Waals surface area contributed by atoms with Gasteiger partial charge in [0.05, 0.1) is 45.3 Å². The lowest BCUT2D eigenvalue weighted by molar-refractivity contribution is 0.0980. The molecule has 1 aliphatic carbocycles. The van der Waals surface area contributed by atoms with Crippen molar-refractivity contribution in [1.82, 2.24) is 0 Å². The standard InChI is InChI=1S/C26H20N4O2/c27-17-9-3-5-11-19(17)29-21-13-14-22(30-20-12-6-4-10-18(20)28)24-23(21)25(31)15-7-1-2-8-16(15)26(24)32/h1-14,29-30H,27-28H2. The van der Waals surface area contributed by atoms with E-state index in [2.05, 4.69) is 10.6 Å². The molecule has 0 radical (unpaired) electrons. The van der Waals surface area contributed by atoms with Crippen molar-refractivity contribution in [3.8, 4) is 0 Å². The first-order valence-electron chi connectivity index (χ1n) is 10.1. The SMILES string of the molecule is Nc1ccccc1Nc1ccc(Nc2ccccc2N)c2c1C(=O)c1ccccc1C2=O. The van der Waals surface area contributed by atoms with Crippen LogP contribution in [-0.2, 0) is 0 Å². The summed E-state index contributed by atoms with van der Waals surface area (Å²) in [4.78, 5) is 27.1. The average Bonchev–Trinajstić information content (AvgIpc) is 2.81. The van der Waals surface area contributed by atoms with Crippen LogP contribution in [0.25, 0.3) is 0 Å². The molecular weight excluding hydrogens is 400 g/mol. The number of nitrogens with two attached hydrogens (primary N) is 2. The van der Waals surface area contributed by atoms with Crippen LogP contribution in [0.4, 0.5) is 34.1 Å². The smallest absolute Gasteiger partial charge is 0.196 e. The number of hydrogen-bond acceptors (Lipinski definition) is 6. The van der Waals surface area contributed by atoms with Gasteiger partial charge in [-0.1, -0.05) is 48.5 Å². The summed E-state index contributed by atoms with van der Waals surface area (Å²) in [6.45, 7) is 0. The molecule has 0 bridgehead atoms. The van der Waals surface area contributed by atoms with Crippen molar-refractivity contribution in [2.75, 3.05) is 22.1 Å². The Balaban J connectivity index is 1.70. The lowest BCUT2D eigenvalue weighted by atomic mass is 9.82. The second kappa shape index (κ2) is 7.59. The molecule has 1 aliphatic rings. The number of hydrogen-bond donors (Lipinski definition) is 4. The van der Waals surface area contributed by atoms with Gasteiger partial charge in [-0.25, -0.2) is 0 Å². The summed E-state index contributed by atoms with van der Waals surface area (Å²) in [7, 11) is 0. The highest BCUT2D eigenvalue weighted by Crippen LogP contribution is 2.39. The molecular formula is C26H20N4O2. The largest absolute Gasteiger partial charge is 0.397 e. The first kappa shape index (κ1) is 19.4. The summed E-state index contributed by atoms with van der Waals surface area (Å²) >= 11 is 0. The monoisotopic (exact) mass is 420 g/mol. The van der Waals surface area contributed by atoms with Crippen LogP contribution < -0.4 is 22.1 Å². The third kappa shape index (κ3) is 3.15. The molecule has 5 rings (SSSR count). The maximum atomic E-state index is 13.5. The van der Waals surface area contributed by atoms with Crippen LogP contribution in [-0.4, -0.2) is 11.6 Å². The Labute approximate surface area is 184 Å². The molecule has 6 heteroatoms. The van der Waals surface area contributed by atoms with E-state index in [1.165, 1.54) is 0 Å². The first-order valence-corrected chi connectivity index (χ1v) is 10.1. The van der Waals surface area contributed by atoms with E-state index in [1.807, 2.05) is 36.4 Å². The van der Waals surface area contributed by atoms with Crippen LogP contribution in [0, 0.1) is 0 Å². The fourth-order valence-electron chi connectivity index (χ4n) is 3.94. The number of nitrogens with one attached hydrogen (secondary N) is 2. The van der Waals surface area contributed by atoms with Crippen molar-refractivity contribution < 1.29 is 9.59 Å². The Bertz CT molecular complexity index is 1290. The van der Waals surface area contributed by atoms with Crippen molar-refractivity contribution in [3.05, 3.63) is 107 Å². The molecule has 0 atom stereocenters. The quantitative estimate of drug-likeness (QED) is 0.301. The predicted molar refractivity (Wildman–Crippen MR) is 128 cm³/mol. The number of carbonyl (C=O) groups is 2. The fraction of sp³-hybridized carbons (Fsp3) is 0. The van der Waals surface area contributed by atoms with Gasteiger partial charge in [-0.15, -0.1) is 0 Å². The van der Waals surface area contributed by atoms with Crippen LogP contribution in [0.15, 0.2) is 84.9 Å². The maximum Gasteiger partial charge on any atom is 0.196 e. The number of rotatable bonds is 4. The Morgan fingerprint density at radius 3 is 1.25 bits per heavy atom. The lowest BCUT2D eigenvalue weighted by Crippen LogP contribution is -2.23. The van der Waals surface area contributed by atoms with E-state index in [9.17, 15) is 9.59 Å².